The van der Waals surface area contributed by atoms with Crippen molar-refractivity contribution in [3.05, 3.63) is 24.3 Å². The average Bonchev–Trinajstić information content (AvgIpc) is 2.54. The number of ether oxygens (including phenoxy) is 1. The summed E-state index contributed by atoms with van der Waals surface area (Å²) in [6, 6.07) is 8.62. The molecule has 2 fully saturated rings. The molecule has 0 unspecified atom stereocenters. The van der Waals surface area contributed by atoms with E-state index in [-0.39, 0.29) is 0 Å². The van der Waals surface area contributed by atoms with Gasteiger partial charge in [0.2, 0.25) is 0 Å². The van der Waals surface area contributed by atoms with Crippen LogP contribution in [-0.4, -0.2) is 29.7 Å². The number of methoxy groups -OCH3 is 1. The third kappa shape index (κ3) is 3.31. The number of nitrogens with zero attached hydrogens (tertiary/aromatic N) is 1. The van der Waals surface area contributed by atoms with Crippen LogP contribution >= 0.6 is 12.2 Å². The number of fused-ring (bicyclic) bond motifs is 1. The fourth-order valence-electron chi connectivity index (χ4n) is 3.77. The molecule has 0 radical (unpaired) electrons. The monoisotopic (exact) mass is 304 g/mol. The summed E-state index contributed by atoms with van der Waals surface area (Å²) in [6.45, 7) is 1.09. The highest BCUT2D eigenvalue weighted by Gasteiger charge is 2.34. The molecular formula is C17H24N2OS. The van der Waals surface area contributed by atoms with E-state index in [0.29, 0.717) is 6.04 Å². The smallest absolute Gasteiger partial charge is 0.173 e. The summed E-state index contributed by atoms with van der Waals surface area (Å²) in [5.41, 5.74) is 1.01. The van der Waals surface area contributed by atoms with E-state index < -0.39 is 0 Å². The van der Waals surface area contributed by atoms with Gasteiger partial charge in [-0.3, -0.25) is 0 Å². The molecule has 1 saturated heterocycles. The fraction of sp³-hybridized carbons (Fsp3) is 0.588. The SMILES string of the molecule is COc1cccc(NC(=S)N2CCC[C@H]3CCCC[C@H]32)c1. The minimum atomic E-state index is 0.651. The molecule has 1 aromatic rings. The Hall–Kier alpha value is -1.29. The first-order valence-electron chi connectivity index (χ1n) is 7.99. The van der Waals surface area contributed by atoms with Crippen molar-refractivity contribution >= 4 is 23.0 Å². The van der Waals surface area contributed by atoms with Crippen LogP contribution in [0.5, 0.6) is 5.75 Å². The van der Waals surface area contributed by atoms with Crippen LogP contribution in [0, 0.1) is 5.92 Å². The molecule has 0 aromatic heterocycles. The third-order valence-electron chi connectivity index (χ3n) is 4.83. The van der Waals surface area contributed by atoms with E-state index in [2.05, 4.69) is 10.2 Å². The predicted molar refractivity (Wildman–Crippen MR) is 90.9 cm³/mol. The molecule has 1 saturated carbocycles. The summed E-state index contributed by atoms with van der Waals surface area (Å²) in [6.07, 6.45) is 8.06. The normalized spacial score (nSPS) is 25.1. The van der Waals surface area contributed by atoms with E-state index >= 15 is 0 Å². The van der Waals surface area contributed by atoms with Crippen molar-refractivity contribution in [1.29, 1.82) is 0 Å². The molecule has 114 valence electrons. The third-order valence-corrected chi connectivity index (χ3v) is 5.16. The summed E-state index contributed by atoms with van der Waals surface area (Å²) in [5.74, 6) is 1.70. The molecule has 3 rings (SSSR count). The minimum absolute atomic E-state index is 0.651. The maximum Gasteiger partial charge on any atom is 0.173 e. The Morgan fingerprint density at radius 3 is 2.90 bits per heavy atom. The first kappa shape index (κ1) is 14.6. The number of hydrogen-bond acceptors (Lipinski definition) is 2. The van der Waals surface area contributed by atoms with Gasteiger partial charge in [-0.15, -0.1) is 0 Å². The zero-order valence-electron chi connectivity index (χ0n) is 12.7. The Morgan fingerprint density at radius 1 is 1.24 bits per heavy atom. The van der Waals surface area contributed by atoms with E-state index in [1.165, 1.54) is 38.5 Å². The van der Waals surface area contributed by atoms with Gasteiger partial charge in [0.1, 0.15) is 5.75 Å². The Balaban J connectivity index is 1.68. The second-order valence-corrected chi connectivity index (χ2v) is 6.50. The molecule has 1 heterocycles. The summed E-state index contributed by atoms with van der Waals surface area (Å²) in [5, 5.41) is 4.27. The number of anilines is 1. The Bertz CT molecular complexity index is 503. The molecule has 4 heteroatoms. The highest BCUT2D eigenvalue weighted by Crippen LogP contribution is 2.35. The van der Waals surface area contributed by atoms with Crippen molar-refractivity contribution in [2.75, 3.05) is 19.0 Å². The fourth-order valence-corrected chi connectivity index (χ4v) is 4.12. The Morgan fingerprint density at radius 2 is 2.05 bits per heavy atom. The maximum atomic E-state index is 5.68. The number of likely N-dealkylation sites (tertiary alicyclic amines) is 1. The van der Waals surface area contributed by atoms with Crippen molar-refractivity contribution in [1.82, 2.24) is 4.90 Å². The van der Waals surface area contributed by atoms with Gasteiger partial charge >= 0.3 is 0 Å². The molecular weight excluding hydrogens is 280 g/mol. The summed E-state index contributed by atoms with van der Waals surface area (Å²) in [4.78, 5) is 2.43. The van der Waals surface area contributed by atoms with Crippen LogP contribution in [0.15, 0.2) is 24.3 Å². The Kier molecular flexibility index (Phi) is 4.63. The lowest BCUT2D eigenvalue weighted by Gasteiger charge is -2.45. The van der Waals surface area contributed by atoms with Gasteiger partial charge in [-0.05, 0) is 56.0 Å². The van der Waals surface area contributed by atoms with Gasteiger partial charge < -0.3 is 15.0 Å². The number of benzene rings is 1. The number of hydrogen-bond donors (Lipinski definition) is 1. The molecule has 0 bridgehead atoms. The number of nitrogens with one attached hydrogen (secondary N) is 1. The van der Waals surface area contributed by atoms with Gasteiger partial charge in [0.05, 0.1) is 7.11 Å². The van der Waals surface area contributed by atoms with Gasteiger partial charge in [-0.25, -0.2) is 0 Å². The molecule has 0 spiro atoms. The van der Waals surface area contributed by atoms with E-state index in [9.17, 15) is 0 Å². The topological polar surface area (TPSA) is 24.5 Å². The highest BCUT2D eigenvalue weighted by atomic mass is 32.1. The summed E-state index contributed by atoms with van der Waals surface area (Å²) in [7, 11) is 1.69. The molecule has 1 N–H and O–H groups in total. The van der Waals surface area contributed by atoms with Crippen molar-refractivity contribution in [3.8, 4) is 5.75 Å². The quantitative estimate of drug-likeness (QED) is 0.833. The molecule has 2 atom stereocenters. The lowest BCUT2D eigenvalue weighted by molar-refractivity contribution is 0.121. The first-order chi connectivity index (χ1) is 10.3. The number of thiocarbonyl (C=S) groups is 1. The molecule has 3 nitrogen and oxygen atoms in total. The Labute approximate surface area is 132 Å². The largest absolute Gasteiger partial charge is 0.497 e. The van der Waals surface area contributed by atoms with E-state index in [1.807, 2.05) is 24.3 Å². The average molecular weight is 304 g/mol. The van der Waals surface area contributed by atoms with Gasteiger partial charge in [-0.1, -0.05) is 18.9 Å². The predicted octanol–water partition coefficient (Wildman–Crippen LogP) is 4.05. The molecule has 1 aromatic carbocycles. The van der Waals surface area contributed by atoms with Crippen LogP contribution in [0.1, 0.15) is 38.5 Å². The van der Waals surface area contributed by atoms with Crippen molar-refractivity contribution in [2.24, 2.45) is 5.92 Å². The van der Waals surface area contributed by atoms with E-state index in [0.717, 1.165) is 29.0 Å². The summed E-state index contributed by atoms with van der Waals surface area (Å²) < 4.78 is 5.27. The number of piperidine rings is 1. The molecule has 1 aliphatic carbocycles. The molecule has 2 aliphatic rings. The van der Waals surface area contributed by atoms with E-state index in [1.54, 1.807) is 7.11 Å². The van der Waals surface area contributed by atoms with Crippen LogP contribution in [-0.2, 0) is 0 Å². The molecule has 21 heavy (non-hydrogen) atoms. The van der Waals surface area contributed by atoms with E-state index in [4.69, 9.17) is 17.0 Å². The molecule has 0 amide bonds. The first-order valence-corrected chi connectivity index (χ1v) is 8.40. The van der Waals surface area contributed by atoms with Crippen molar-refractivity contribution in [2.45, 2.75) is 44.6 Å². The lowest BCUT2D eigenvalue weighted by atomic mass is 9.78. The van der Waals surface area contributed by atoms with Gasteiger partial charge in [-0.2, -0.15) is 0 Å². The second-order valence-electron chi connectivity index (χ2n) is 6.11. The zero-order valence-corrected chi connectivity index (χ0v) is 13.5. The standard InChI is InChI=1S/C17H24N2OS/c1-20-15-9-4-8-14(12-15)18-17(21)19-11-5-7-13-6-2-3-10-16(13)19/h4,8-9,12-13,16H,2-3,5-7,10-11H2,1H3,(H,18,21)/t13-,16-/m1/s1. The second kappa shape index (κ2) is 6.65. The van der Waals surface area contributed by atoms with Crippen LogP contribution in [0.4, 0.5) is 5.69 Å². The molecule has 1 aliphatic heterocycles. The van der Waals surface area contributed by atoms with Crippen LogP contribution < -0.4 is 10.1 Å². The summed E-state index contributed by atoms with van der Waals surface area (Å²) >= 11 is 5.68. The highest BCUT2D eigenvalue weighted by molar-refractivity contribution is 7.80. The van der Waals surface area contributed by atoms with Crippen LogP contribution in [0.25, 0.3) is 0 Å². The van der Waals surface area contributed by atoms with Crippen LogP contribution in [0.2, 0.25) is 0 Å². The lowest BCUT2D eigenvalue weighted by Crippen LogP contribution is -2.51. The minimum Gasteiger partial charge on any atom is -0.497 e. The number of rotatable bonds is 2. The van der Waals surface area contributed by atoms with Gasteiger partial charge in [0.15, 0.2) is 5.11 Å². The van der Waals surface area contributed by atoms with Gasteiger partial charge in [0.25, 0.3) is 0 Å². The van der Waals surface area contributed by atoms with Crippen molar-refractivity contribution in [3.63, 3.8) is 0 Å². The van der Waals surface area contributed by atoms with Gasteiger partial charge in [0, 0.05) is 24.3 Å². The maximum absolute atomic E-state index is 5.68. The van der Waals surface area contributed by atoms with Crippen molar-refractivity contribution < 1.29 is 4.74 Å². The zero-order chi connectivity index (χ0) is 14.7. The van der Waals surface area contributed by atoms with Crippen LogP contribution in [0.3, 0.4) is 0 Å².